The molecule has 1 atom stereocenters. The van der Waals surface area contributed by atoms with Gasteiger partial charge >= 0.3 is 0 Å². The molecule has 0 radical (unpaired) electrons. The number of nitrogens with one attached hydrogen (secondary N) is 1. The maximum atomic E-state index is 12.7. The van der Waals surface area contributed by atoms with Gasteiger partial charge in [-0.25, -0.2) is 8.42 Å². The molecule has 1 aromatic heterocycles. The minimum atomic E-state index is -3.55. The fraction of sp³-hybridized carbons (Fsp3) is 0.522. The third kappa shape index (κ3) is 5.65. The Labute approximate surface area is 194 Å². The average Bonchev–Trinajstić information content (AvgIpc) is 3.37. The second kappa shape index (κ2) is 11.0. The number of hydrogen-bond donors (Lipinski definition) is 1. The lowest BCUT2D eigenvalue weighted by Crippen LogP contribution is -2.40. The summed E-state index contributed by atoms with van der Waals surface area (Å²) >= 11 is 1.76. The smallest absolute Gasteiger partial charge is 0.243 e. The highest BCUT2D eigenvalue weighted by molar-refractivity contribution is 7.89. The number of piperidine rings is 1. The average molecular weight is 478 g/mol. The molecule has 2 aromatic rings. The molecule has 3 heterocycles. The Balaban J connectivity index is 1.34. The monoisotopic (exact) mass is 477 g/mol. The van der Waals surface area contributed by atoms with Crippen LogP contribution in [0.5, 0.6) is 0 Å². The van der Waals surface area contributed by atoms with E-state index in [1.165, 1.54) is 40.6 Å². The van der Waals surface area contributed by atoms with Crippen LogP contribution in [0, 0.1) is 0 Å². The van der Waals surface area contributed by atoms with Crippen molar-refractivity contribution < 1.29 is 17.9 Å². The highest BCUT2D eigenvalue weighted by Crippen LogP contribution is 2.27. The minimum absolute atomic E-state index is 0.0381. The van der Waals surface area contributed by atoms with Crippen molar-refractivity contribution >= 4 is 27.1 Å². The molecule has 9 heteroatoms. The Morgan fingerprint density at radius 2 is 1.75 bits per heavy atom. The number of rotatable bonds is 9. The van der Waals surface area contributed by atoms with Crippen LogP contribution in [0.4, 0.5) is 0 Å². The van der Waals surface area contributed by atoms with E-state index >= 15 is 0 Å². The first kappa shape index (κ1) is 23.5. The van der Waals surface area contributed by atoms with Gasteiger partial charge in [0.25, 0.3) is 0 Å². The Morgan fingerprint density at radius 1 is 1.03 bits per heavy atom. The van der Waals surface area contributed by atoms with E-state index in [9.17, 15) is 13.2 Å². The fourth-order valence-electron chi connectivity index (χ4n) is 4.29. The van der Waals surface area contributed by atoms with Crippen molar-refractivity contribution in [3.63, 3.8) is 0 Å². The summed E-state index contributed by atoms with van der Waals surface area (Å²) in [5, 5.41) is 5.44. The molecule has 2 aliphatic rings. The lowest BCUT2D eigenvalue weighted by molar-refractivity contribution is 0.0730. The van der Waals surface area contributed by atoms with Crippen LogP contribution in [0.2, 0.25) is 0 Å². The normalized spacial score (nSPS) is 19.6. The SMILES string of the molecule is O=C(CNCC(c1cccs1)N1CCCCC1)c1ccc(S(=O)(=O)N2CCOCC2)cc1. The number of morpholine rings is 1. The van der Waals surface area contributed by atoms with Crippen LogP contribution in [-0.4, -0.2) is 75.9 Å². The Bertz CT molecular complexity index is 965. The first-order chi connectivity index (χ1) is 15.6. The van der Waals surface area contributed by atoms with Gasteiger partial charge < -0.3 is 10.1 Å². The highest BCUT2D eigenvalue weighted by Gasteiger charge is 2.26. The van der Waals surface area contributed by atoms with E-state index in [1.54, 1.807) is 23.5 Å². The van der Waals surface area contributed by atoms with Gasteiger partial charge in [0, 0.05) is 30.1 Å². The first-order valence-electron chi connectivity index (χ1n) is 11.2. The van der Waals surface area contributed by atoms with E-state index in [2.05, 4.69) is 27.7 Å². The number of likely N-dealkylation sites (tertiary alicyclic amines) is 1. The van der Waals surface area contributed by atoms with Gasteiger partial charge in [-0.2, -0.15) is 4.31 Å². The molecule has 1 N–H and O–H groups in total. The maximum Gasteiger partial charge on any atom is 0.243 e. The number of hydrogen-bond acceptors (Lipinski definition) is 7. The molecule has 0 bridgehead atoms. The number of sulfonamides is 1. The predicted octanol–water partition coefficient (Wildman–Crippen LogP) is 2.77. The van der Waals surface area contributed by atoms with Crippen molar-refractivity contribution in [2.75, 3.05) is 52.5 Å². The van der Waals surface area contributed by atoms with Crippen LogP contribution < -0.4 is 5.32 Å². The number of ether oxygens (including phenoxy) is 1. The summed E-state index contributed by atoms with van der Waals surface area (Å²) in [6.45, 7) is 4.66. The van der Waals surface area contributed by atoms with Crippen molar-refractivity contribution in [3.8, 4) is 0 Å². The first-order valence-corrected chi connectivity index (χ1v) is 13.6. The second-order valence-corrected chi connectivity index (χ2v) is 11.1. The lowest BCUT2D eigenvalue weighted by Gasteiger charge is -2.34. The number of benzene rings is 1. The van der Waals surface area contributed by atoms with Gasteiger partial charge in [-0.1, -0.05) is 24.6 Å². The van der Waals surface area contributed by atoms with Gasteiger partial charge in [0.1, 0.15) is 0 Å². The van der Waals surface area contributed by atoms with Gasteiger partial charge in [0.2, 0.25) is 10.0 Å². The Hall–Kier alpha value is -1.62. The molecule has 2 saturated heterocycles. The molecular formula is C23H31N3O4S2. The summed E-state index contributed by atoms with van der Waals surface area (Å²) in [6, 6.07) is 10.8. The van der Waals surface area contributed by atoms with E-state index < -0.39 is 10.0 Å². The highest BCUT2D eigenvalue weighted by atomic mass is 32.2. The van der Waals surface area contributed by atoms with Crippen molar-refractivity contribution in [3.05, 3.63) is 52.2 Å². The summed E-state index contributed by atoms with van der Waals surface area (Å²) < 4.78 is 32.2. The van der Waals surface area contributed by atoms with Crippen LogP contribution in [0.3, 0.4) is 0 Å². The number of carbonyl (C=O) groups excluding carboxylic acids is 1. The molecule has 1 unspecified atom stereocenters. The summed E-state index contributed by atoms with van der Waals surface area (Å²) in [6.07, 6.45) is 3.73. The van der Waals surface area contributed by atoms with Gasteiger partial charge in [-0.05, 0) is 49.5 Å². The number of carbonyl (C=O) groups is 1. The molecule has 1 aromatic carbocycles. The fourth-order valence-corrected chi connectivity index (χ4v) is 6.56. The molecule has 2 aliphatic heterocycles. The van der Waals surface area contributed by atoms with E-state index in [-0.39, 0.29) is 23.3 Å². The standard InChI is InChI=1S/C23H31N3O4S2/c27-22(18-24-17-21(23-5-4-16-31-23)25-10-2-1-3-11-25)19-6-8-20(9-7-19)32(28,29)26-12-14-30-15-13-26/h4-9,16,21,24H,1-3,10-15,17-18H2. The van der Waals surface area contributed by atoms with Crippen molar-refractivity contribution in [2.45, 2.75) is 30.2 Å². The quantitative estimate of drug-likeness (QED) is 0.560. The van der Waals surface area contributed by atoms with Crippen LogP contribution in [-0.2, 0) is 14.8 Å². The topological polar surface area (TPSA) is 79.0 Å². The van der Waals surface area contributed by atoms with Crippen LogP contribution in [0.1, 0.15) is 40.5 Å². The van der Waals surface area contributed by atoms with E-state index in [0.29, 0.717) is 31.9 Å². The summed E-state index contributed by atoms with van der Waals surface area (Å²) in [4.78, 5) is 16.8. The molecule has 32 heavy (non-hydrogen) atoms. The van der Waals surface area contributed by atoms with Crippen molar-refractivity contribution in [1.82, 2.24) is 14.5 Å². The maximum absolute atomic E-state index is 12.7. The lowest BCUT2D eigenvalue weighted by atomic mass is 10.1. The summed E-state index contributed by atoms with van der Waals surface area (Å²) in [7, 11) is -3.55. The molecule has 2 fully saturated rings. The van der Waals surface area contributed by atoms with Gasteiger partial charge in [-0.15, -0.1) is 11.3 Å². The molecule has 7 nitrogen and oxygen atoms in total. The number of nitrogens with zero attached hydrogens (tertiary/aromatic N) is 2. The molecule has 0 saturated carbocycles. The molecule has 4 rings (SSSR count). The molecule has 0 spiro atoms. The summed E-state index contributed by atoms with van der Waals surface area (Å²) in [5.74, 6) is -0.0381. The Morgan fingerprint density at radius 3 is 2.41 bits per heavy atom. The third-order valence-electron chi connectivity index (χ3n) is 6.11. The van der Waals surface area contributed by atoms with E-state index in [1.807, 2.05) is 0 Å². The largest absolute Gasteiger partial charge is 0.379 e. The third-order valence-corrected chi connectivity index (χ3v) is 9.00. The van der Waals surface area contributed by atoms with Crippen molar-refractivity contribution in [1.29, 1.82) is 0 Å². The minimum Gasteiger partial charge on any atom is -0.379 e. The zero-order valence-electron chi connectivity index (χ0n) is 18.2. The molecule has 174 valence electrons. The number of ketones is 1. The van der Waals surface area contributed by atoms with Gasteiger partial charge in [0.05, 0.1) is 30.7 Å². The van der Waals surface area contributed by atoms with Crippen LogP contribution in [0.15, 0.2) is 46.7 Å². The second-order valence-electron chi connectivity index (χ2n) is 8.22. The Kier molecular flexibility index (Phi) is 8.09. The molecule has 0 amide bonds. The van der Waals surface area contributed by atoms with E-state index in [4.69, 9.17) is 4.74 Å². The molecule has 0 aliphatic carbocycles. The van der Waals surface area contributed by atoms with Gasteiger partial charge in [-0.3, -0.25) is 9.69 Å². The zero-order valence-corrected chi connectivity index (χ0v) is 19.9. The van der Waals surface area contributed by atoms with Crippen LogP contribution in [0.25, 0.3) is 0 Å². The predicted molar refractivity (Wildman–Crippen MR) is 126 cm³/mol. The van der Waals surface area contributed by atoms with Crippen molar-refractivity contribution in [2.24, 2.45) is 0 Å². The van der Waals surface area contributed by atoms with Gasteiger partial charge in [0.15, 0.2) is 5.78 Å². The number of thiophene rings is 1. The number of Topliss-reactive ketones (excluding diaryl/α,β-unsaturated/α-hetero) is 1. The van der Waals surface area contributed by atoms with Crippen LogP contribution >= 0.6 is 11.3 Å². The van der Waals surface area contributed by atoms with E-state index in [0.717, 1.165) is 19.6 Å². The molecular weight excluding hydrogens is 446 g/mol. The summed E-state index contributed by atoms with van der Waals surface area (Å²) in [5.41, 5.74) is 0.518. The zero-order chi connectivity index (χ0) is 22.4.